The van der Waals surface area contributed by atoms with E-state index >= 15 is 0 Å². The first-order chi connectivity index (χ1) is 13.5. The van der Waals surface area contributed by atoms with Crippen molar-refractivity contribution in [2.75, 3.05) is 11.5 Å². The number of para-hydroxylation sites is 1. The van der Waals surface area contributed by atoms with E-state index in [0.717, 1.165) is 4.88 Å². The Labute approximate surface area is 168 Å². The average molecular weight is 416 g/mol. The maximum Gasteiger partial charge on any atom is 0.353 e. The first-order valence-electron chi connectivity index (χ1n) is 8.40. The van der Waals surface area contributed by atoms with Crippen molar-refractivity contribution in [3.05, 3.63) is 52.1 Å². The fraction of sp³-hybridized carbons (Fsp3) is 0.222. The molecule has 28 heavy (non-hydrogen) atoms. The predicted octanol–water partition coefficient (Wildman–Crippen LogP) is 1.16. The number of carboxylic acid groups (broad SMARTS) is 1. The minimum absolute atomic E-state index is 0.0317. The van der Waals surface area contributed by atoms with Gasteiger partial charge in [0.25, 0.3) is 5.91 Å². The van der Waals surface area contributed by atoms with Crippen LogP contribution in [0.15, 0.2) is 41.7 Å². The summed E-state index contributed by atoms with van der Waals surface area (Å²) >= 11 is 2.76. The maximum absolute atomic E-state index is 12.6. The summed E-state index contributed by atoms with van der Waals surface area (Å²) in [7, 11) is 0. The molecule has 2 aliphatic rings. The van der Waals surface area contributed by atoms with Gasteiger partial charge in [-0.05, 0) is 11.6 Å². The molecule has 1 saturated heterocycles. The van der Waals surface area contributed by atoms with Crippen molar-refractivity contribution in [1.29, 1.82) is 0 Å². The normalized spacial score (nSPS) is 21.1. The van der Waals surface area contributed by atoms with Gasteiger partial charge in [0.15, 0.2) is 0 Å². The molecule has 1 aromatic heterocycles. The number of thiazole rings is 1. The van der Waals surface area contributed by atoms with E-state index in [0.29, 0.717) is 22.6 Å². The number of rotatable bonds is 5. The van der Waals surface area contributed by atoms with Crippen molar-refractivity contribution in [1.82, 2.24) is 15.2 Å². The van der Waals surface area contributed by atoms with Crippen molar-refractivity contribution < 1.29 is 19.5 Å². The van der Waals surface area contributed by atoms with E-state index < -0.39 is 23.3 Å². The molecule has 2 aromatic rings. The number of nitrogens with two attached hydrogens (primary N) is 1. The minimum atomic E-state index is -1.16. The molecular formula is C18H16N4O4S2. The number of carboxylic acids is 1. The van der Waals surface area contributed by atoms with Crippen molar-refractivity contribution >= 4 is 52.1 Å². The number of carbonyl (C=O) groups excluding carboxylic acids is 2. The van der Waals surface area contributed by atoms with Crippen molar-refractivity contribution in [2.24, 2.45) is 0 Å². The molecule has 8 nitrogen and oxygen atoms in total. The van der Waals surface area contributed by atoms with Crippen LogP contribution in [0.4, 0.5) is 5.69 Å². The van der Waals surface area contributed by atoms with E-state index in [1.165, 1.54) is 28.0 Å². The van der Waals surface area contributed by atoms with Gasteiger partial charge in [0.05, 0.1) is 16.8 Å². The summed E-state index contributed by atoms with van der Waals surface area (Å²) < 4.78 is 0. The maximum atomic E-state index is 12.6. The van der Waals surface area contributed by atoms with Crippen LogP contribution in [0.3, 0.4) is 0 Å². The number of fused-ring (bicyclic) bond motifs is 1. The Balaban J connectivity index is 1.51. The number of nitrogens with zero attached hydrogens (tertiary/aromatic N) is 2. The molecule has 2 amide bonds. The first-order valence-corrected chi connectivity index (χ1v) is 10.3. The third-order valence-electron chi connectivity index (χ3n) is 4.62. The topological polar surface area (TPSA) is 126 Å². The summed E-state index contributed by atoms with van der Waals surface area (Å²) in [6.45, 7) is 0. The van der Waals surface area contributed by atoms with Crippen LogP contribution in [0.1, 0.15) is 10.4 Å². The molecule has 10 heteroatoms. The molecule has 4 N–H and O–H groups in total. The van der Waals surface area contributed by atoms with Gasteiger partial charge in [0.1, 0.15) is 17.1 Å². The summed E-state index contributed by atoms with van der Waals surface area (Å²) in [5.41, 5.74) is 9.21. The lowest BCUT2D eigenvalue weighted by atomic mass is 10.0. The van der Waals surface area contributed by atoms with Crippen molar-refractivity contribution in [3.8, 4) is 0 Å². The largest absolute Gasteiger partial charge is 0.477 e. The van der Waals surface area contributed by atoms with E-state index in [2.05, 4.69) is 10.3 Å². The monoisotopic (exact) mass is 416 g/mol. The highest BCUT2D eigenvalue weighted by Gasteiger charge is 2.54. The molecule has 0 spiro atoms. The quantitative estimate of drug-likeness (QED) is 0.493. The van der Waals surface area contributed by atoms with Crippen molar-refractivity contribution in [2.45, 2.75) is 17.8 Å². The summed E-state index contributed by atoms with van der Waals surface area (Å²) in [5, 5.41) is 11.9. The van der Waals surface area contributed by atoms with Gasteiger partial charge in [0.2, 0.25) is 5.91 Å². The smallest absolute Gasteiger partial charge is 0.353 e. The second kappa shape index (κ2) is 7.28. The van der Waals surface area contributed by atoms with Gasteiger partial charge in [-0.2, -0.15) is 0 Å². The summed E-state index contributed by atoms with van der Waals surface area (Å²) in [6, 6.07) is 6.28. The van der Waals surface area contributed by atoms with Crippen molar-refractivity contribution in [3.63, 3.8) is 0 Å². The molecule has 3 heterocycles. The number of nitrogens with one attached hydrogen (secondary N) is 1. The zero-order valence-electron chi connectivity index (χ0n) is 14.5. The molecule has 0 bridgehead atoms. The molecule has 1 fully saturated rings. The van der Waals surface area contributed by atoms with Gasteiger partial charge in [-0.25, -0.2) is 4.79 Å². The Hall–Kier alpha value is -2.85. The van der Waals surface area contributed by atoms with Crippen LogP contribution in [0, 0.1) is 0 Å². The van der Waals surface area contributed by atoms with Gasteiger partial charge < -0.3 is 16.2 Å². The van der Waals surface area contributed by atoms with Crippen LogP contribution in [0.25, 0.3) is 5.57 Å². The van der Waals surface area contributed by atoms with Gasteiger partial charge in [-0.3, -0.25) is 19.5 Å². The number of β-lactam (4-membered cyclic amide) rings is 1. The molecular weight excluding hydrogens is 400 g/mol. The number of thioether (sulfide) groups is 1. The number of aromatic nitrogens is 1. The Morgan fingerprint density at radius 2 is 2.14 bits per heavy atom. The van der Waals surface area contributed by atoms with E-state index in [1.54, 1.807) is 36.0 Å². The van der Waals surface area contributed by atoms with E-state index in [4.69, 9.17) is 5.73 Å². The predicted molar refractivity (Wildman–Crippen MR) is 106 cm³/mol. The number of hydrogen-bond donors (Lipinski definition) is 3. The van der Waals surface area contributed by atoms with E-state index in [9.17, 15) is 19.5 Å². The second-order valence-electron chi connectivity index (χ2n) is 6.33. The van der Waals surface area contributed by atoms with Crippen LogP contribution in [0.5, 0.6) is 0 Å². The molecule has 2 atom stereocenters. The van der Waals surface area contributed by atoms with E-state index in [-0.39, 0.29) is 18.0 Å². The lowest BCUT2D eigenvalue weighted by molar-refractivity contribution is -0.150. The molecule has 2 unspecified atom stereocenters. The molecule has 2 aliphatic heterocycles. The van der Waals surface area contributed by atoms with E-state index in [1.807, 2.05) is 0 Å². The Kier molecular flexibility index (Phi) is 4.82. The number of aliphatic carboxylic acids is 1. The zero-order valence-corrected chi connectivity index (χ0v) is 16.1. The zero-order chi connectivity index (χ0) is 19.8. The summed E-state index contributed by atoms with van der Waals surface area (Å²) in [6.07, 6.45) is 1.65. The number of carbonyl (C=O) groups is 3. The summed E-state index contributed by atoms with van der Waals surface area (Å²) in [4.78, 5) is 42.8. The highest BCUT2D eigenvalue weighted by atomic mass is 32.2. The Bertz CT molecular complexity index is 989. The van der Waals surface area contributed by atoms with Gasteiger partial charge in [-0.15, -0.1) is 23.1 Å². The lowest BCUT2D eigenvalue weighted by Gasteiger charge is -2.49. The third kappa shape index (κ3) is 3.14. The average Bonchev–Trinajstić information content (AvgIpc) is 3.21. The lowest BCUT2D eigenvalue weighted by Crippen LogP contribution is -2.70. The summed E-state index contributed by atoms with van der Waals surface area (Å²) in [5.74, 6) is -1.49. The standard InChI is InChI=1S/C18H16N4O4S2/c19-11-4-2-1-3-9(11)5-13(23)21-14-16(24)22-15(18(25)26)10(7-27-17(14)22)12-6-20-8-28-12/h1-4,6,8,14,17H,5,7,19H2,(H,21,23)(H,25,26). The highest BCUT2D eigenvalue weighted by Crippen LogP contribution is 2.43. The van der Waals surface area contributed by atoms with Crippen LogP contribution in [-0.2, 0) is 20.8 Å². The van der Waals surface area contributed by atoms with Gasteiger partial charge in [-0.1, -0.05) is 18.2 Å². The van der Waals surface area contributed by atoms with Crippen LogP contribution in [-0.4, -0.2) is 49.9 Å². The fourth-order valence-electron chi connectivity index (χ4n) is 3.27. The Morgan fingerprint density at radius 1 is 1.36 bits per heavy atom. The van der Waals surface area contributed by atoms with Crippen LogP contribution in [0.2, 0.25) is 0 Å². The third-order valence-corrected chi connectivity index (χ3v) is 6.74. The molecule has 0 saturated carbocycles. The Morgan fingerprint density at radius 3 is 2.82 bits per heavy atom. The fourth-order valence-corrected chi connectivity index (χ4v) is 5.39. The number of nitrogen functional groups attached to an aromatic ring is 1. The minimum Gasteiger partial charge on any atom is -0.477 e. The number of benzene rings is 1. The van der Waals surface area contributed by atoms with Crippen LogP contribution >= 0.6 is 23.1 Å². The number of hydrogen-bond acceptors (Lipinski definition) is 7. The molecule has 4 rings (SSSR count). The first kappa shape index (κ1) is 18.5. The van der Waals surface area contributed by atoms with Gasteiger partial charge in [0, 0.05) is 23.2 Å². The molecule has 0 radical (unpaired) electrons. The highest BCUT2D eigenvalue weighted by molar-refractivity contribution is 8.00. The number of anilines is 1. The SMILES string of the molecule is Nc1ccccc1CC(=O)NC1C(=O)N2C(C(=O)O)=C(c3cncs3)CSC12. The molecule has 0 aliphatic carbocycles. The number of amides is 2. The van der Waals surface area contributed by atoms with Gasteiger partial charge >= 0.3 is 5.97 Å². The van der Waals surface area contributed by atoms with Crippen LogP contribution < -0.4 is 11.1 Å². The second-order valence-corrected chi connectivity index (χ2v) is 8.32. The molecule has 144 valence electrons. The molecule has 1 aromatic carbocycles.